The zero-order valence-electron chi connectivity index (χ0n) is 8.09. The summed E-state index contributed by atoms with van der Waals surface area (Å²) in [7, 11) is 0. The summed E-state index contributed by atoms with van der Waals surface area (Å²) in [6.07, 6.45) is 0. The van der Waals surface area contributed by atoms with Crippen LogP contribution in [-0.2, 0) is 0 Å². The molecule has 0 heterocycles. The molecular weight excluding hydrogens is 146 g/mol. The summed E-state index contributed by atoms with van der Waals surface area (Å²) in [4.78, 5) is 0. The second-order valence-electron chi connectivity index (χ2n) is 3.50. The molecular formula is C11H17N. The summed E-state index contributed by atoms with van der Waals surface area (Å²) in [5, 5.41) is 0. The molecule has 2 N–H and O–H groups in total. The fourth-order valence-corrected chi connectivity index (χ4v) is 1.42. The van der Waals surface area contributed by atoms with Crippen LogP contribution < -0.4 is 5.73 Å². The quantitative estimate of drug-likeness (QED) is 0.711. The predicted octanol–water partition coefficient (Wildman–Crippen LogP) is 2.37. The lowest BCUT2D eigenvalue weighted by Gasteiger charge is -2.12. The maximum atomic E-state index is 5.62. The topological polar surface area (TPSA) is 26.0 Å². The summed E-state index contributed by atoms with van der Waals surface area (Å²) >= 11 is 0. The average Bonchev–Trinajstić information content (AvgIpc) is 2.08. The van der Waals surface area contributed by atoms with E-state index in [1.54, 1.807) is 0 Å². The number of hydrogen-bond donors (Lipinski definition) is 1. The number of aryl methyl sites for hydroxylation is 2. The lowest BCUT2D eigenvalue weighted by molar-refractivity contribution is 0.767. The highest BCUT2D eigenvalue weighted by Crippen LogP contribution is 2.19. The average molecular weight is 163 g/mol. The number of nitrogens with two attached hydrogens (primary N) is 1. The van der Waals surface area contributed by atoms with E-state index in [9.17, 15) is 0 Å². The normalized spacial score (nSPS) is 13.0. The third-order valence-corrected chi connectivity index (χ3v) is 2.32. The van der Waals surface area contributed by atoms with Gasteiger partial charge < -0.3 is 5.73 Å². The summed E-state index contributed by atoms with van der Waals surface area (Å²) in [6.45, 7) is 7.15. The van der Waals surface area contributed by atoms with E-state index in [1.807, 2.05) is 0 Å². The molecule has 0 aliphatic carbocycles. The van der Waals surface area contributed by atoms with Gasteiger partial charge in [0.1, 0.15) is 0 Å². The first-order valence-electron chi connectivity index (χ1n) is 4.42. The van der Waals surface area contributed by atoms with Gasteiger partial charge in [-0.25, -0.2) is 0 Å². The van der Waals surface area contributed by atoms with Crippen molar-refractivity contribution in [1.29, 1.82) is 0 Å². The number of rotatable bonds is 2. The van der Waals surface area contributed by atoms with E-state index in [4.69, 9.17) is 5.73 Å². The van der Waals surface area contributed by atoms with Crippen LogP contribution in [0.3, 0.4) is 0 Å². The fourth-order valence-electron chi connectivity index (χ4n) is 1.42. The van der Waals surface area contributed by atoms with Crippen LogP contribution in [0.1, 0.15) is 29.5 Å². The molecule has 0 aliphatic heterocycles. The van der Waals surface area contributed by atoms with Crippen LogP contribution >= 0.6 is 0 Å². The molecule has 0 fully saturated rings. The van der Waals surface area contributed by atoms with Crippen LogP contribution in [0.2, 0.25) is 0 Å². The minimum Gasteiger partial charge on any atom is -0.330 e. The van der Waals surface area contributed by atoms with E-state index >= 15 is 0 Å². The zero-order chi connectivity index (χ0) is 9.14. The molecule has 0 aliphatic rings. The number of benzene rings is 1. The Kier molecular flexibility index (Phi) is 2.88. The van der Waals surface area contributed by atoms with Crippen LogP contribution in [0, 0.1) is 13.8 Å². The Morgan fingerprint density at radius 2 is 2.00 bits per heavy atom. The molecule has 0 saturated heterocycles. The molecule has 1 nitrogen and oxygen atoms in total. The smallest absolute Gasteiger partial charge is 0.00108 e. The molecule has 1 aromatic rings. The fraction of sp³-hybridized carbons (Fsp3) is 0.455. The predicted molar refractivity (Wildman–Crippen MR) is 53.4 cm³/mol. The molecule has 1 heteroatoms. The SMILES string of the molecule is Cc1ccc(C)c([C@@H](C)CN)c1. The van der Waals surface area contributed by atoms with Crippen molar-refractivity contribution >= 4 is 0 Å². The van der Waals surface area contributed by atoms with Crippen LogP contribution in [0.4, 0.5) is 0 Å². The van der Waals surface area contributed by atoms with Crippen molar-refractivity contribution in [2.45, 2.75) is 26.7 Å². The van der Waals surface area contributed by atoms with Gasteiger partial charge in [0, 0.05) is 0 Å². The molecule has 12 heavy (non-hydrogen) atoms. The van der Waals surface area contributed by atoms with Crippen molar-refractivity contribution in [3.05, 3.63) is 34.9 Å². The molecule has 0 bridgehead atoms. The molecule has 1 rings (SSSR count). The van der Waals surface area contributed by atoms with E-state index in [0.717, 1.165) is 6.54 Å². The summed E-state index contributed by atoms with van der Waals surface area (Å²) in [5.74, 6) is 0.477. The monoisotopic (exact) mass is 163 g/mol. The second kappa shape index (κ2) is 3.72. The molecule has 1 aromatic carbocycles. The Morgan fingerprint density at radius 1 is 1.33 bits per heavy atom. The Bertz CT molecular complexity index is 266. The van der Waals surface area contributed by atoms with Crippen molar-refractivity contribution in [2.75, 3.05) is 6.54 Å². The highest BCUT2D eigenvalue weighted by atomic mass is 14.5. The molecule has 0 unspecified atom stereocenters. The summed E-state index contributed by atoms with van der Waals surface area (Å²) in [6, 6.07) is 6.53. The molecule has 1 atom stereocenters. The maximum absolute atomic E-state index is 5.62. The van der Waals surface area contributed by atoms with Gasteiger partial charge in [0.25, 0.3) is 0 Å². The van der Waals surface area contributed by atoms with E-state index in [2.05, 4.69) is 39.0 Å². The molecule has 0 saturated carbocycles. The van der Waals surface area contributed by atoms with Gasteiger partial charge in [-0.1, -0.05) is 30.7 Å². The third-order valence-electron chi connectivity index (χ3n) is 2.32. The molecule has 66 valence electrons. The molecule has 0 radical (unpaired) electrons. The van der Waals surface area contributed by atoms with Crippen LogP contribution in [-0.4, -0.2) is 6.54 Å². The van der Waals surface area contributed by atoms with Crippen molar-refractivity contribution in [3.8, 4) is 0 Å². The van der Waals surface area contributed by atoms with Gasteiger partial charge in [0.05, 0.1) is 0 Å². The van der Waals surface area contributed by atoms with Crippen LogP contribution in [0.5, 0.6) is 0 Å². The number of hydrogen-bond acceptors (Lipinski definition) is 1. The van der Waals surface area contributed by atoms with Gasteiger partial charge in [-0.05, 0) is 37.4 Å². The Morgan fingerprint density at radius 3 is 2.58 bits per heavy atom. The van der Waals surface area contributed by atoms with Crippen LogP contribution in [0.25, 0.3) is 0 Å². The highest BCUT2D eigenvalue weighted by molar-refractivity contribution is 5.33. The Labute approximate surface area is 74.6 Å². The lowest BCUT2D eigenvalue weighted by atomic mass is 9.95. The first-order chi connectivity index (χ1) is 5.65. The van der Waals surface area contributed by atoms with E-state index < -0.39 is 0 Å². The largest absolute Gasteiger partial charge is 0.330 e. The first kappa shape index (κ1) is 9.27. The van der Waals surface area contributed by atoms with E-state index in [-0.39, 0.29) is 0 Å². The van der Waals surface area contributed by atoms with Gasteiger partial charge >= 0.3 is 0 Å². The zero-order valence-corrected chi connectivity index (χ0v) is 8.09. The molecule has 0 amide bonds. The van der Waals surface area contributed by atoms with Crippen molar-refractivity contribution in [1.82, 2.24) is 0 Å². The first-order valence-corrected chi connectivity index (χ1v) is 4.42. The standard InChI is InChI=1S/C11H17N/c1-8-4-5-9(2)11(6-8)10(3)7-12/h4-6,10H,7,12H2,1-3H3/t10-/m0/s1. The van der Waals surface area contributed by atoms with E-state index in [1.165, 1.54) is 16.7 Å². The highest BCUT2D eigenvalue weighted by Gasteiger charge is 2.05. The summed E-state index contributed by atoms with van der Waals surface area (Å²) < 4.78 is 0. The lowest BCUT2D eigenvalue weighted by Crippen LogP contribution is -2.10. The Balaban J connectivity index is 3.04. The maximum Gasteiger partial charge on any atom is -0.00108 e. The van der Waals surface area contributed by atoms with Crippen molar-refractivity contribution < 1.29 is 0 Å². The summed E-state index contributed by atoms with van der Waals surface area (Å²) in [5.41, 5.74) is 9.67. The van der Waals surface area contributed by atoms with E-state index in [0.29, 0.717) is 5.92 Å². The van der Waals surface area contributed by atoms with Crippen molar-refractivity contribution in [3.63, 3.8) is 0 Å². The van der Waals surface area contributed by atoms with Gasteiger partial charge in [-0.2, -0.15) is 0 Å². The second-order valence-corrected chi connectivity index (χ2v) is 3.50. The molecule has 0 aromatic heterocycles. The van der Waals surface area contributed by atoms with Gasteiger partial charge in [-0.15, -0.1) is 0 Å². The van der Waals surface area contributed by atoms with Crippen molar-refractivity contribution in [2.24, 2.45) is 5.73 Å². The molecule has 0 spiro atoms. The van der Waals surface area contributed by atoms with Gasteiger partial charge in [-0.3, -0.25) is 0 Å². The minimum absolute atomic E-state index is 0.477. The van der Waals surface area contributed by atoms with Gasteiger partial charge in [0.2, 0.25) is 0 Å². The van der Waals surface area contributed by atoms with Crippen LogP contribution in [0.15, 0.2) is 18.2 Å². The Hall–Kier alpha value is -0.820. The third kappa shape index (κ3) is 1.86. The minimum atomic E-state index is 0.477. The van der Waals surface area contributed by atoms with Gasteiger partial charge in [0.15, 0.2) is 0 Å².